The molecule has 0 amide bonds. The number of hydrogen-bond acceptors (Lipinski definition) is 0. The first kappa shape index (κ1) is 45.1. The van der Waals surface area contributed by atoms with Crippen molar-refractivity contribution in [3.63, 3.8) is 0 Å². The molecule has 0 rings (SSSR count). The van der Waals surface area contributed by atoms with Crippen LogP contribution in [0.25, 0.3) is 0 Å². The summed E-state index contributed by atoms with van der Waals surface area (Å²) in [5.74, 6) is 0. The topological polar surface area (TPSA) is 0 Å². The van der Waals surface area contributed by atoms with Crippen LogP contribution < -0.4 is 0 Å². The van der Waals surface area contributed by atoms with E-state index in [0.717, 1.165) is 25.7 Å². The summed E-state index contributed by atoms with van der Waals surface area (Å²) < 4.78 is 0. The van der Waals surface area contributed by atoms with Crippen LogP contribution in [0.3, 0.4) is 0 Å². The summed E-state index contributed by atoms with van der Waals surface area (Å²) in [6, 6.07) is 0. The quantitative estimate of drug-likeness (QED) is 0.126. The largest absolute Gasteiger partial charge is 2.00 e. The molecule has 0 spiro atoms. The summed E-state index contributed by atoms with van der Waals surface area (Å²) in [4.78, 5) is 0. The Labute approximate surface area is 228 Å². The van der Waals surface area contributed by atoms with Gasteiger partial charge in [0.1, 0.15) is 0 Å². The second-order valence-electron chi connectivity index (χ2n) is 7.66. The molecule has 0 aliphatic rings. The van der Waals surface area contributed by atoms with Crippen LogP contribution in [-0.4, -0.2) is 46.1 Å². The Morgan fingerprint density at radius 1 is 0.300 bits per heavy atom. The predicted molar refractivity (Wildman–Crippen MR) is 148 cm³/mol. The van der Waals surface area contributed by atoms with E-state index >= 15 is 0 Å². The molecule has 0 saturated carbocycles. The molecule has 0 aliphatic carbocycles. The Morgan fingerprint density at radius 2 is 0.500 bits per heavy atom. The first-order valence-corrected chi connectivity index (χ1v) is 12.8. The van der Waals surface area contributed by atoms with Gasteiger partial charge in [-0.25, -0.2) is 0 Å². The molecule has 0 saturated heterocycles. The molecule has 0 unspecified atom stereocenters. The fraction of sp³-hybridized carbons (Fsp3) is 0.857. The Morgan fingerprint density at radius 3 is 0.633 bits per heavy atom. The molecule has 0 bridgehead atoms. The van der Waals surface area contributed by atoms with Crippen LogP contribution in [0.4, 0.5) is 0 Å². The molecule has 0 atom stereocenters. The van der Waals surface area contributed by atoms with E-state index in [4.69, 9.17) is 0 Å². The maximum Gasteiger partial charge on any atom is 2.00 e. The minimum atomic E-state index is 0. The van der Waals surface area contributed by atoms with E-state index in [1.165, 1.54) is 103 Å². The number of rotatable bonds is 16. The molecule has 0 aliphatic heterocycles. The van der Waals surface area contributed by atoms with Gasteiger partial charge in [-0.05, 0) is 0 Å². The molecule has 0 fully saturated rings. The maximum atomic E-state index is 3.78. The van der Waals surface area contributed by atoms with E-state index in [9.17, 15) is 0 Å². The van der Waals surface area contributed by atoms with Crippen molar-refractivity contribution < 1.29 is 0 Å². The third-order valence-corrected chi connectivity index (χ3v) is 4.41. The first-order chi connectivity index (χ1) is 13.7. The van der Waals surface area contributed by atoms with Crippen LogP contribution in [0.15, 0.2) is 0 Å². The van der Waals surface area contributed by atoms with E-state index in [1.807, 2.05) is 0 Å². The second-order valence-corrected chi connectivity index (χ2v) is 7.66. The molecule has 0 aromatic heterocycles. The van der Waals surface area contributed by atoms with Gasteiger partial charge < -0.3 is 27.7 Å². The summed E-state index contributed by atoms with van der Waals surface area (Å²) in [6.45, 7) is 23.8. The zero-order valence-corrected chi connectivity index (χ0v) is 25.2. The van der Waals surface area contributed by atoms with Gasteiger partial charge >= 0.3 is 46.1 Å². The summed E-state index contributed by atoms with van der Waals surface area (Å²) >= 11 is 0. The van der Waals surface area contributed by atoms with Gasteiger partial charge in [-0.2, -0.15) is 25.7 Å². The number of hydrogen-bond donors (Lipinski definition) is 0. The SMILES string of the molecule is [CH2-]CCC.[CH2-]CCCCCCC.[CH2-]CCCCCCC.[CH2-]CCCCCCC.[Mg+2].[Mg+2]. The van der Waals surface area contributed by atoms with Crippen molar-refractivity contribution in [3.8, 4) is 0 Å². The van der Waals surface area contributed by atoms with E-state index < -0.39 is 0 Å². The van der Waals surface area contributed by atoms with Crippen LogP contribution in [0.1, 0.15) is 156 Å². The Balaban J connectivity index is -0.0000000642. The van der Waals surface area contributed by atoms with E-state index in [2.05, 4.69) is 55.4 Å². The van der Waals surface area contributed by atoms with Crippen molar-refractivity contribution >= 4 is 46.1 Å². The van der Waals surface area contributed by atoms with Gasteiger partial charge in [-0.15, -0.1) is 0 Å². The van der Waals surface area contributed by atoms with Gasteiger partial charge in [0.15, 0.2) is 0 Å². The average Bonchev–Trinajstić information content (AvgIpc) is 2.73. The van der Waals surface area contributed by atoms with Gasteiger partial charge in [0.05, 0.1) is 0 Å². The van der Waals surface area contributed by atoms with Crippen molar-refractivity contribution in [2.45, 2.75) is 156 Å². The summed E-state index contributed by atoms with van der Waals surface area (Å²) in [5, 5.41) is 0. The molecule has 0 nitrogen and oxygen atoms in total. The summed E-state index contributed by atoms with van der Waals surface area (Å²) in [6.07, 6.45) is 26.2. The third kappa shape index (κ3) is 78.2. The van der Waals surface area contributed by atoms with Crippen LogP contribution in [0.5, 0.6) is 0 Å². The fourth-order valence-electron chi connectivity index (χ4n) is 2.34. The van der Waals surface area contributed by atoms with Gasteiger partial charge in [-0.3, -0.25) is 0 Å². The smallest absolute Gasteiger partial charge is 0.343 e. The standard InChI is InChI=1S/3C8H17.C4H9.2Mg/c3*1-3-5-7-8-6-4-2;1-3-4-2;;/h3*1,3-8H2,2H3;1,3-4H2,2H3;;/q4*-1;2*+2. The van der Waals surface area contributed by atoms with Crippen molar-refractivity contribution in [3.05, 3.63) is 27.7 Å². The molecule has 0 heterocycles. The van der Waals surface area contributed by atoms with Gasteiger partial charge in [0.2, 0.25) is 0 Å². The molecule has 30 heavy (non-hydrogen) atoms. The van der Waals surface area contributed by atoms with Gasteiger partial charge in [-0.1, -0.05) is 130 Å². The predicted octanol–water partition coefficient (Wildman–Crippen LogP) is 10.4. The second kappa shape index (κ2) is 57.4. The summed E-state index contributed by atoms with van der Waals surface area (Å²) in [7, 11) is 0. The minimum absolute atomic E-state index is 0. The van der Waals surface area contributed by atoms with Crippen molar-refractivity contribution in [1.29, 1.82) is 0 Å². The van der Waals surface area contributed by atoms with E-state index in [0.29, 0.717) is 0 Å². The maximum absolute atomic E-state index is 3.78. The van der Waals surface area contributed by atoms with Crippen molar-refractivity contribution in [1.82, 2.24) is 0 Å². The van der Waals surface area contributed by atoms with Crippen LogP contribution in [0, 0.1) is 27.7 Å². The molecule has 0 radical (unpaired) electrons. The average molecular weight is 445 g/mol. The van der Waals surface area contributed by atoms with Crippen LogP contribution >= 0.6 is 0 Å². The van der Waals surface area contributed by atoms with Crippen LogP contribution in [-0.2, 0) is 0 Å². The van der Waals surface area contributed by atoms with Crippen molar-refractivity contribution in [2.24, 2.45) is 0 Å². The molecule has 0 N–H and O–H groups in total. The minimum Gasteiger partial charge on any atom is -0.343 e. The van der Waals surface area contributed by atoms with Crippen LogP contribution in [0.2, 0.25) is 0 Å². The Bertz CT molecular complexity index is 135. The molecular weight excluding hydrogens is 385 g/mol. The Kier molecular flexibility index (Phi) is 86.3. The fourth-order valence-corrected chi connectivity index (χ4v) is 2.34. The molecule has 0 aromatic carbocycles. The zero-order valence-electron chi connectivity index (χ0n) is 22.4. The molecule has 2 heteroatoms. The van der Waals surface area contributed by atoms with E-state index in [-0.39, 0.29) is 46.1 Å². The van der Waals surface area contributed by atoms with Gasteiger partial charge in [0.25, 0.3) is 0 Å². The Hall–Kier alpha value is 1.53. The molecule has 176 valence electrons. The first-order valence-electron chi connectivity index (χ1n) is 12.8. The van der Waals surface area contributed by atoms with Crippen molar-refractivity contribution in [2.75, 3.05) is 0 Å². The molecular formula is C28H60Mg2. The zero-order chi connectivity index (χ0) is 22.1. The van der Waals surface area contributed by atoms with E-state index in [1.54, 1.807) is 0 Å². The normalized spacial score (nSPS) is 8.80. The monoisotopic (exact) mass is 444 g/mol. The third-order valence-electron chi connectivity index (χ3n) is 4.41. The summed E-state index contributed by atoms with van der Waals surface area (Å²) in [5.41, 5.74) is 0. The van der Waals surface area contributed by atoms with Gasteiger partial charge in [0, 0.05) is 0 Å². The number of unbranched alkanes of at least 4 members (excludes halogenated alkanes) is 16. The molecule has 0 aromatic rings.